The van der Waals surface area contributed by atoms with Crippen LogP contribution in [0.2, 0.25) is 0 Å². The Hall–Kier alpha value is -1.23. The van der Waals surface area contributed by atoms with Crippen LogP contribution in [0.1, 0.15) is 22.5 Å². The largest absolute Gasteiger partial charge is 0.477 e. The molecule has 2 N–H and O–H groups in total. The molecular formula is C10H12N2O2S. The number of hydrogen-bond acceptors (Lipinski definition) is 4. The molecule has 80 valence electrons. The van der Waals surface area contributed by atoms with Crippen LogP contribution < -0.4 is 10.2 Å². The van der Waals surface area contributed by atoms with Crippen LogP contribution in [0.5, 0.6) is 0 Å². The third-order valence-corrected chi connectivity index (χ3v) is 4.12. The Balaban J connectivity index is 2.05. The van der Waals surface area contributed by atoms with Crippen molar-refractivity contribution in [2.24, 2.45) is 0 Å². The molecule has 0 saturated carbocycles. The minimum atomic E-state index is -0.827. The van der Waals surface area contributed by atoms with E-state index in [2.05, 4.69) is 10.2 Å². The van der Waals surface area contributed by atoms with Crippen molar-refractivity contribution in [1.82, 2.24) is 0 Å². The molecule has 0 aliphatic carbocycles. The topological polar surface area (TPSA) is 52.6 Å². The molecule has 1 saturated heterocycles. The molecule has 0 radical (unpaired) electrons. The SMILES string of the molecule is O=C(O)c1scc2c1NC[C@@H]1CCCN21. The lowest BCUT2D eigenvalue weighted by Crippen LogP contribution is -2.39. The molecule has 2 aliphatic rings. The molecule has 0 aromatic carbocycles. The van der Waals surface area contributed by atoms with E-state index in [4.69, 9.17) is 5.11 Å². The van der Waals surface area contributed by atoms with E-state index in [0.29, 0.717) is 10.9 Å². The number of aromatic carboxylic acids is 1. The zero-order valence-corrected chi connectivity index (χ0v) is 9.01. The van der Waals surface area contributed by atoms with Crippen LogP contribution in [0, 0.1) is 0 Å². The molecule has 3 rings (SSSR count). The van der Waals surface area contributed by atoms with Crippen LogP contribution in [-0.2, 0) is 0 Å². The third-order valence-electron chi connectivity index (χ3n) is 3.17. The maximum atomic E-state index is 11.0. The second-order valence-electron chi connectivity index (χ2n) is 4.00. The van der Waals surface area contributed by atoms with Gasteiger partial charge in [-0.25, -0.2) is 4.79 Å². The normalized spacial score (nSPS) is 23.2. The minimum absolute atomic E-state index is 0.440. The fourth-order valence-electron chi connectivity index (χ4n) is 2.47. The molecule has 0 amide bonds. The zero-order valence-electron chi connectivity index (χ0n) is 8.19. The molecule has 15 heavy (non-hydrogen) atoms. The van der Waals surface area contributed by atoms with Crippen LogP contribution >= 0.6 is 11.3 Å². The second kappa shape index (κ2) is 3.13. The predicted octanol–water partition coefficient (Wildman–Crippen LogP) is 1.84. The lowest BCUT2D eigenvalue weighted by atomic mass is 10.1. The maximum absolute atomic E-state index is 11.0. The highest BCUT2D eigenvalue weighted by molar-refractivity contribution is 7.13. The van der Waals surface area contributed by atoms with Gasteiger partial charge in [0.05, 0.1) is 11.4 Å². The number of anilines is 2. The van der Waals surface area contributed by atoms with Gasteiger partial charge in [-0.2, -0.15) is 0 Å². The van der Waals surface area contributed by atoms with E-state index >= 15 is 0 Å². The number of hydrogen-bond donors (Lipinski definition) is 2. The van der Waals surface area contributed by atoms with Gasteiger partial charge in [0.15, 0.2) is 0 Å². The molecule has 2 aliphatic heterocycles. The Labute approximate surface area is 91.5 Å². The van der Waals surface area contributed by atoms with E-state index in [1.54, 1.807) is 0 Å². The van der Waals surface area contributed by atoms with E-state index in [1.165, 1.54) is 24.2 Å². The van der Waals surface area contributed by atoms with Gasteiger partial charge in [0.25, 0.3) is 0 Å². The summed E-state index contributed by atoms with van der Waals surface area (Å²) in [4.78, 5) is 13.8. The molecule has 1 fully saturated rings. The highest BCUT2D eigenvalue weighted by atomic mass is 32.1. The van der Waals surface area contributed by atoms with E-state index in [-0.39, 0.29) is 0 Å². The van der Waals surface area contributed by atoms with E-state index in [9.17, 15) is 4.79 Å². The van der Waals surface area contributed by atoms with E-state index in [1.807, 2.05) is 5.38 Å². The molecule has 4 nitrogen and oxygen atoms in total. The molecule has 1 aromatic heterocycles. The molecule has 3 heterocycles. The van der Waals surface area contributed by atoms with Gasteiger partial charge in [-0.15, -0.1) is 11.3 Å². The molecular weight excluding hydrogens is 212 g/mol. The summed E-state index contributed by atoms with van der Waals surface area (Å²) in [5.74, 6) is -0.827. The number of thiophene rings is 1. The van der Waals surface area contributed by atoms with Crippen LogP contribution in [0.4, 0.5) is 11.4 Å². The number of carboxylic acid groups (broad SMARTS) is 1. The van der Waals surface area contributed by atoms with Crippen molar-refractivity contribution in [3.8, 4) is 0 Å². The van der Waals surface area contributed by atoms with Crippen LogP contribution in [0.25, 0.3) is 0 Å². The van der Waals surface area contributed by atoms with Crippen molar-refractivity contribution < 1.29 is 9.90 Å². The first-order valence-electron chi connectivity index (χ1n) is 5.12. The van der Waals surface area contributed by atoms with Crippen molar-refractivity contribution in [2.45, 2.75) is 18.9 Å². The molecule has 0 bridgehead atoms. The Morgan fingerprint density at radius 2 is 2.53 bits per heavy atom. The first-order valence-corrected chi connectivity index (χ1v) is 6.00. The monoisotopic (exact) mass is 224 g/mol. The highest BCUT2D eigenvalue weighted by Crippen LogP contribution is 2.41. The van der Waals surface area contributed by atoms with Crippen molar-refractivity contribution >= 4 is 28.7 Å². The summed E-state index contributed by atoms with van der Waals surface area (Å²) in [5, 5.41) is 14.2. The predicted molar refractivity (Wildman–Crippen MR) is 60.1 cm³/mol. The Morgan fingerprint density at radius 3 is 3.33 bits per heavy atom. The standard InChI is InChI=1S/C10H12N2O2S/c13-10(14)9-8-7(5-15-9)12-3-1-2-6(12)4-11-8/h5-6,11H,1-4H2,(H,13,14)/t6-/m0/s1. The summed E-state index contributed by atoms with van der Waals surface area (Å²) in [6, 6.07) is 0.564. The molecule has 5 heteroatoms. The van der Waals surface area contributed by atoms with Gasteiger partial charge in [0.1, 0.15) is 4.88 Å². The Morgan fingerprint density at radius 1 is 1.67 bits per heavy atom. The number of nitrogens with zero attached hydrogens (tertiary/aromatic N) is 1. The Bertz CT molecular complexity index is 416. The van der Waals surface area contributed by atoms with E-state index in [0.717, 1.165) is 24.5 Å². The third kappa shape index (κ3) is 1.23. The van der Waals surface area contributed by atoms with Crippen molar-refractivity contribution in [3.63, 3.8) is 0 Å². The number of fused-ring (bicyclic) bond motifs is 3. The van der Waals surface area contributed by atoms with Gasteiger partial charge in [-0.3, -0.25) is 0 Å². The van der Waals surface area contributed by atoms with Gasteiger partial charge in [-0.1, -0.05) is 0 Å². The lowest BCUT2D eigenvalue weighted by molar-refractivity contribution is 0.0703. The zero-order chi connectivity index (χ0) is 10.4. The fourth-order valence-corrected chi connectivity index (χ4v) is 3.35. The summed E-state index contributed by atoms with van der Waals surface area (Å²) >= 11 is 1.32. The molecule has 0 spiro atoms. The summed E-state index contributed by atoms with van der Waals surface area (Å²) in [6.07, 6.45) is 2.43. The number of nitrogens with one attached hydrogen (secondary N) is 1. The number of carboxylic acids is 1. The van der Waals surface area contributed by atoms with Crippen LogP contribution in [0.3, 0.4) is 0 Å². The van der Waals surface area contributed by atoms with Gasteiger partial charge in [0, 0.05) is 24.5 Å². The minimum Gasteiger partial charge on any atom is -0.477 e. The van der Waals surface area contributed by atoms with Gasteiger partial charge in [-0.05, 0) is 12.8 Å². The van der Waals surface area contributed by atoms with Crippen molar-refractivity contribution in [3.05, 3.63) is 10.3 Å². The van der Waals surface area contributed by atoms with Gasteiger partial charge >= 0.3 is 5.97 Å². The summed E-state index contributed by atoms with van der Waals surface area (Å²) in [6.45, 7) is 1.94. The number of carbonyl (C=O) groups is 1. The maximum Gasteiger partial charge on any atom is 0.348 e. The highest BCUT2D eigenvalue weighted by Gasteiger charge is 2.33. The van der Waals surface area contributed by atoms with E-state index < -0.39 is 5.97 Å². The van der Waals surface area contributed by atoms with Gasteiger partial charge < -0.3 is 15.3 Å². The Kier molecular flexibility index (Phi) is 1.88. The summed E-state index contributed by atoms with van der Waals surface area (Å²) in [5.41, 5.74) is 1.91. The smallest absolute Gasteiger partial charge is 0.348 e. The van der Waals surface area contributed by atoms with Crippen molar-refractivity contribution in [2.75, 3.05) is 23.3 Å². The summed E-state index contributed by atoms with van der Waals surface area (Å²) in [7, 11) is 0. The summed E-state index contributed by atoms with van der Waals surface area (Å²) < 4.78 is 0. The average Bonchev–Trinajstić information content (AvgIpc) is 2.82. The van der Waals surface area contributed by atoms with Crippen LogP contribution in [0.15, 0.2) is 5.38 Å². The fraction of sp³-hybridized carbons (Fsp3) is 0.500. The lowest BCUT2D eigenvalue weighted by Gasteiger charge is -2.32. The molecule has 1 atom stereocenters. The average molecular weight is 224 g/mol. The van der Waals surface area contributed by atoms with Crippen molar-refractivity contribution in [1.29, 1.82) is 0 Å². The number of rotatable bonds is 1. The first-order chi connectivity index (χ1) is 7.27. The van der Waals surface area contributed by atoms with Gasteiger partial charge in [0.2, 0.25) is 0 Å². The first kappa shape index (κ1) is 9.03. The quantitative estimate of drug-likeness (QED) is 0.764. The second-order valence-corrected chi connectivity index (χ2v) is 4.88. The molecule has 0 unspecified atom stereocenters. The molecule has 1 aromatic rings. The van der Waals surface area contributed by atoms with Crippen LogP contribution in [-0.4, -0.2) is 30.2 Å².